The van der Waals surface area contributed by atoms with Gasteiger partial charge in [0, 0.05) is 4.47 Å². The number of aryl methyl sites for hydroxylation is 1. The lowest BCUT2D eigenvalue weighted by atomic mass is 9.72. The van der Waals surface area contributed by atoms with Crippen LogP contribution in [0.2, 0.25) is 0 Å². The van der Waals surface area contributed by atoms with Crippen LogP contribution in [0, 0.1) is 6.92 Å². The smallest absolute Gasteiger partial charge is 0.211 e. The fraction of sp³-hybridized carbons (Fsp3) is 0.417. The fourth-order valence-corrected chi connectivity index (χ4v) is 2.68. The molecule has 1 aromatic carbocycles. The van der Waals surface area contributed by atoms with Gasteiger partial charge in [0.15, 0.2) is 0 Å². The van der Waals surface area contributed by atoms with Gasteiger partial charge in [-0.05, 0) is 49.4 Å². The Labute approximate surface area is 97.5 Å². The van der Waals surface area contributed by atoms with Crippen LogP contribution in [0.15, 0.2) is 27.7 Å². The van der Waals surface area contributed by atoms with Crippen LogP contribution in [-0.2, 0) is 10.3 Å². The Morgan fingerprint density at radius 2 is 2.13 bits per heavy atom. The van der Waals surface area contributed by atoms with E-state index < -0.39 is 0 Å². The van der Waals surface area contributed by atoms with Crippen LogP contribution in [0.5, 0.6) is 0 Å². The van der Waals surface area contributed by atoms with Gasteiger partial charge in [0.1, 0.15) is 0 Å². The molecular formula is C12H12BrNO. The molecule has 0 radical (unpaired) electrons. The standard InChI is InChI=1S/C12H12BrNO/c1-9-5-10(7-11(13)6-9)12(14-8-15)3-2-4-12/h5-7H,2-4H2,1H3. The van der Waals surface area contributed by atoms with Crippen molar-refractivity contribution < 1.29 is 4.79 Å². The summed E-state index contributed by atoms with van der Waals surface area (Å²) < 4.78 is 1.05. The van der Waals surface area contributed by atoms with E-state index in [9.17, 15) is 4.79 Å². The maximum atomic E-state index is 10.5. The van der Waals surface area contributed by atoms with Crippen molar-refractivity contribution in [1.82, 2.24) is 0 Å². The molecule has 0 amide bonds. The second-order valence-corrected chi connectivity index (χ2v) is 5.02. The van der Waals surface area contributed by atoms with Crippen LogP contribution in [0.4, 0.5) is 0 Å². The van der Waals surface area contributed by atoms with Gasteiger partial charge in [-0.15, -0.1) is 0 Å². The van der Waals surface area contributed by atoms with Crippen molar-refractivity contribution >= 4 is 22.0 Å². The number of nitrogens with zero attached hydrogens (tertiary/aromatic N) is 1. The Kier molecular flexibility index (Phi) is 2.76. The monoisotopic (exact) mass is 265 g/mol. The van der Waals surface area contributed by atoms with Crippen LogP contribution < -0.4 is 0 Å². The highest BCUT2D eigenvalue weighted by atomic mass is 79.9. The molecule has 1 saturated carbocycles. The molecule has 0 spiro atoms. The van der Waals surface area contributed by atoms with Crippen molar-refractivity contribution in [2.24, 2.45) is 4.99 Å². The normalized spacial score (nSPS) is 17.7. The zero-order valence-corrected chi connectivity index (χ0v) is 10.2. The molecule has 0 unspecified atom stereocenters. The number of benzene rings is 1. The minimum atomic E-state index is -0.281. The number of hydrogen-bond donors (Lipinski definition) is 0. The molecule has 1 aliphatic carbocycles. The van der Waals surface area contributed by atoms with Crippen LogP contribution in [-0.4, -0.2) is 6.08 Å². The number of halogens is 1. The highest BCUT2D eigenvalue weighted by molar-refractivity contribution is 9.10. The third-order valence-corrected chi connectivity index (χ3v) is 3.48. The third kappa shape index (κ3) is 1.90. The zero-order chi connectivity index (χ0) is 10.9. The first kappa shape index (κ1) is 10.6. The number of carbonyl (C=O) groups excluding carboxylic acids is 1. The number of aliphatic imine (C=N–C) groups is 1. The average molecular weight is 266 g/mol. The van der Waals surface area contributed by atoms with Crippen molar-refractivity contribution in [2.75, 3.05) is 0 Å². The highest BCUT2D eigenvalue weighted by Crippen LogP contribution is 2.45. The van der Waals surface area contributed by atoms with Gasteiger partial charge in [0.05, 0.1) is 5.54 Å². The van der Waals surface area contributed by atoms with Crippen molar-refractivity contribution in [1.29, 1.82) is 0 Å². The van der Waals surface area contributed by atoms with E-state index in [0.29, 0.717) is 0 Å². The molecule has 78 valence electrons. The summed E-state index contributed by atoms with van der Waals surface area (Å²) in [7, 11) is 0. The molecular weight excluding hydrogens is 254 g/mol. The fourth-order valence-electron chi connectivity index (χ4n) is 2.07. The van der Waals surface area contributed by atoms with Gasteiger partial charge >= 0.3 is 0 Å². The van der Waals surface area contributed by atoms with E-state index in [0.717, 1.165) is 29.3 Å². The molecule has 15 heavy (non-hydrogen) atoms. The molecule has 1 aromatic rings. The maximum absolute atomic E-state index is 10.5. The Balaban J connectivity index is 2.47. The van der Waals surface area contributed by atoms with E-state index >= 15 is 0 Å². The number of hydrogen-bond acceptors (Lipinski definition) is 2. The first-order valence-corrected chi connectivity index (χ1v) is 5.82. The van der Waals surface area contributed by atoms with E-state index in [4.69, 9.17) is 0 Å². The Bertz CT molecular complexity index is 411. The summed E-state index contributed by atoms with van der Waals surface area (Å²) in [5.74, 6) is 0. The lowest BCUT2D eigenvalue weighted by Gasteiger charge is -2.37. The summed E-state index contributed by atoms with van der Waals surface area (Å²) in [6.07, 6.45) is 4.76. The van der Waals surface area contributed by atoms with E-state index in [1.54, 1.807) is 6.08 Å². The predicted molar refractivity (Wildman–Crippen MR) is 62.5 cm³/mol. The summed E-state index contributed by atoms with van der Waals surface area (Å²) in [5.41, 5.74) is 2.03. The quantitative estimate of drug-likeness (QED) is 0.595. The predicted octanol–water partition coefficient (Wildman–Crippen LogP) is 3.47. The molecule has 0 saturated heterocycles. The summed E-state index contributed by atoms with van der Waals surface area (Å²) in [6.45, 7) is 2.05. The summed E-state index contributed by atoms with van der Waals surface area (Å²) in [6, 6.07) is 6.21. The van der Waals surface area contributed by atoms with Crippen molar-refractivity contribution in [3.63, 3.8) is 0 Å². The minimum absolute atomic E-state index is 0.281. The lowest BCUT2D eigenvalue weighted by Crippen LogP contribution is -2.31. The zero-order valence-electron chi connectivity index (χ0n) is 8.59. The largest absolute Gasteiger partial charge is 0.235 e. The Morgan fingerprint density at radius 1 is 1.40 bits per heavy atom. The minimum Gasteiger partial charge on any atom is -0.211 e. The highest BCUT2D eigenvalue weighted by Gasteiger charge is 2.38. The molecule has 0 heterocycles. The van der Waals surface area contributed by atoms with E-state index in [1.165, 1.54) is 5.56 Å². The van der Waals surface area contributed by atoms with Gasteiger partial charge in [0.25, 0.3) is 0 Å². The summed E-state index contributed by atoms with van der Waals surface area (Å²) in [4.78, 5) is 14.4. The SMILES string of the molecule is Cc1cc(Br)cc(C2(N=C=O)CCC2)c1. The van der Waals surface area contributed by atoms with Gasteiger partial charge in [-0.3, -0.25) is 0 Å². The average Bonchev–Trinajstić information content (AvgIpc) is 2.09. The molecule has 0 aliphatic heterocycles. The summed E-state index contributed by atoms with van der Waals surface area (Å²) in [5, 5.41) is 0. The molecule has 2 nitrogen and oxygen atoms in total. The maximum Gasteiger partial charge on any atom is 0.235 e. The van der Waals surface area contributed by atoms with Gasteiger partial charge in [0.2, 0.25) is 6.08 Å². The van der Waals surface area contributed by atoms with Crippen LogP contribution in [0.25, 0.3) is 0 Å². The Hall–Kier alpha value is -0.920. The van der Waals surface area contributed by atoms with Crippen LogP contribution in [0.1, 0.15) is 30.4 Å². The molecule has 1 aliphatic rings. The topological polar surface area (TPSA) is 29.4 Å². The first-order valence-electron chi connectivity index (χ1n) is 5.03. The molecule has 1 fully saturated rings. The lowest BCUT2D eigenvalue weighted by molar-refractivity contribution is 0.255. The van der Waals surface area contributed by atoms with Gasteiger partial charge in [-0.2, -0.15) is 4.99 Å². The molecule has 0 N–H and O–H groups in total. The number of isocyanates is 1. The summed E-state index contributed by atoms with van der Waals surface area (Å²) >= 11 is 3.47. The second-order valence-electron chi connectivity index (χ2n) is 4.11. The van der Waals surface area contributed by atoms with Crippen LogP contribution in [0.3, 0.4) is 0 Å². The third-order valence-electron chi connectivity index (χ3n) is 3.02. The van der Waals surface area contributed by atoms with Crippen molar-refractivity contribution in [3.05, 3.63) is 33.8 Å². The van der Waals surface area contributed by atoms with Gasteiger partial charge in [-0.1, -0.05) is 22.0 Å². The van der Waals surface area contributed by atoms with Crippen molar-refractivity contribution in [2.45, 2.75) is 31.7 Å². The molecule has 0 bridgehead atoms. The number of rotatable bonds is 2. The van der Waals surface area contributed by atoms with Crippen molar-refractivity contribution in [3.8, 4) is 0 Å². The van der Waals surface area contributed by atoms with Gasteiger partial charge < -0.3 is 0 Å². The second kappa shape index (κ2) is 3.92. The molecule has 3 heteroatoms. The molecule has 2 rings (SSSR count). The molecule has 0 atom stereocenters. The van der Waals surface area contributed by atoms with Gasteiger partial charge in [-0.25, -0.2) is 4.79 Å². The van der Waals surface area contributed by atoms with E-state index in [2.05, 4.69) is 33.1 Å². The molecule has 0 aromatic heterocycles. The van der Waals surface area contributed by atoms with E-state index in [-0.39, 0.29) is 5.54 Å². The van der Waals surface area contributed by atoms with Crippen LogP contribution >= 0.6 is 15.9 Å². The van der Waals surface area contributed by atoms with E-state index in [1.807, 2.05) is 13.0 Å². The Morgan fingerprint density at radius 3 is 2.60 bits per heavy atom. The first-order chi connectivity index (χ1) is 7.16.